The van der Waals surface area contributed by atoms with Gasteiger partial charge in [0.15, 0.2) is 11.5 Å². The number of benzene rings is 2. The predicted molar refractivity (Wildman–Crippen MR) is 134 cm³/mol. The highest BCUT2D eigenvalue weighted by Gasteiger charge is 2.16. The molecular weight excluding hydrogens is 418 g/mol. The second-order valence-corrected chi connectivity index (χ2v) is 8.78. The Morgan fingerprint density at radius 1 is 1.03 bits per heavy atom. The minimum Gasteiger partial charge on any atom is -0.493 e. The molecule has 4 rings (SSSR count). The Balaban J connectivity index is 1.65. The van der Waals surface area contributed by atoms with Crippen molar-refractivity contribution < 1.29 is 9.47 Å². The van der Waals surface area contributed by atoms with E-state index in [1.807, 2.05) is 25.4 Å². The number of pyridine rings is 1. The van der Waals surface area contributed by atoms with Crippen molar-refractivity contribution in [2.75, 3.05) is 26.6 Å². The predicted octanol–water partition coefficient (Wildman–Crippen LogP) is 6.18. The Kier molecular flexibility index (Phi) is 6.63. The quantitative estimate of drug-likeness (QED) is 0.338. The first kappa shape index (κ1) is 22.1. The summed E-state index contributed by atoms with van der Waals surface area (Å²) >= 11 is 1.77. The number of aromatic nitrogens is 1. The lowest BCUT2D eigenvalue weighted by atomic mass is 10.0. The van der Waals surface area contributed by atoms with Crippen molar-refractivity contribution in [2.24, 2.45) is 0 Å². The van der Waals surface area contributed by atoms with Crippen molar-refractivity contribution in [1.29, 1.82) is 0 Å². The van der Waals surface area contributed by atoms with Gasteiger partial charge in [-0.1, -0.05) is 24.3 Å². The molecule has 4 aromatic rings. The molecule has 0 aliphatic carbocycles. The molecule has 0 aliphatic rings. The number of methoxy groups -OCH3 is 2. The van der Waals surface area contributed by atoms with E-state index in [4.69, 9.17) is 14.5 Å². The summed E-state index contributed by atoms with van der Waals surface area (Å²) in [6, 6.07) is 14.9. The number of fused-ring (bicyclic) bond motifs is 1. The van der Waals surface area contributed by atoms with Gasteiger partial charge >= 0.3 is 0 Å². The van der Waals surface area contributed by atoms with E-state index in [2.05, 4.69) is 60.2 Å². The van der Waals surface area contributed by atoms with Crippen molar-refractivity contribution >= 4 is 27.9 Å². The van der Waals surface area contributed by atoms with Crippen LogP contribution in [0.25, 0.3) is 21.9 Å². The fourth-order valence-corrected chi connectivity index (χ4v) is 4.88. The molecule has 2 aromatic carbocycles. The lowest BCUT2D eigenvalue weighted by Gasteiger charge is -2.17. The van der Waals surface area contributed by atoms with E-state index in [0.717, 1.165) is 34.4 Å². The van der Waals surface area contributed by atoms with Gasteiger partial charge in [-0.3, -0.25) is 0 Å². The molecule has 0 saturated carbocycles. The largest absolute Gasteiger partial charge is 0.493 e. The molecule has 6 heteroatoms. The molecular formula is C26H29N3O2S. The Morgan fingerprint density at radius 2 is 1.75 bits per heavy atom. The molecule has 32 heavy (non-hydrogen) atoms. The molecule has 0 fully saturated rings. The van der Waals surface area contributed by atoms with E-state index in [0.29, 0.717) is 5.75 Å². The second-order valence-electron chi connectivity index (χ2n) is 7.83. The Hall–Kier alpha value is -3.09. The van der Waals surface area contributed by atoms with Gasteiger partial charge in [-0.15, -0.1) is 11.3 Å². The number of anilines is 1. The fraction of sp³-hybridized carbons (Fsp3) is 0.269. The third kappa shape index (κ3) is 4.29. The number of thiophene rings is 1. The fourth-order valence-electron chi connectivity index (χ4n) is 3.96. The summed E-state index contributed by atoms with van der Waals surface area (Å²) in [4.78, 5) is 5.95. The normalized spacial score (nSPS) is 12.0. The molecule has 2 aromatic heterocycles. The molecule has 0 amide bonds. The minimum absolute atomic E-state index is 0.108. The van der Waals surface area contributed by atoms with E-state index in [9.17, 15) is 0 Å². The van der Waals surface area contributed by atoms with Gasteiger partial charge in [0.05, 0.1) is 20.3 Å². The van der Waals surface area contributed by atoms with E-state index >= 15 is 0 Å². The topological polar surface area (TPSA) is 55.4 Å². The van der Waals surface area contributed by atoms with Crippen molar-refractivity contribution in [3.8, 4) is 22.6 Å². The first-order chi connectivity index (χ1) is 15.5. The lowest BCUT2D eigenvalue weighted by molar-refractivity contribution is 0.356. The van der Waals surface area contributed by atoms with Crippen molar-refractivity contribution in [3.63, 3.8) is 0 Å². The number of hydrogen-bond acceptors (Lipinski definition) is 6. The zero-order valence-corrected chi connectivity index (χ0v) is 20.0. The molecule has 5 nitrogen and oxygen atoms in total. The zero-order valence-electron chi connectivity index (χ0n) is 19.2. The maximum atomic E-state index is 5.53. The molecule has 0 spiro atoms. The molecule has 2 heterocycles. The third-order valence-corrected chi connectivity index (χ3v) is 6.80. The van der Waals surface area contributed by atoms with Gasteiger partial charge in [0, 0.05) is 23.0 Å². The van der Waals surface area contributed by atoms with E-state index < -0.39 is 0 Å². The maximum Gasteiger partial charge on any atom is 0.161 e. The highest BCUT2D eigenvalue weighted by Crippen LogP contribution is 2.38. The average Bonchev–Trinajstić information content (AvgIpc) is 3.31. The number of ether oxygens (including phenoxy) is 2. The van der Waals surface area contributed by atoms with Gasteiger partial charge in [0.25, 0.3) is 0 Å². The van der Waals surface area contributed by atoms with E-state index in [-0.39, 0.29) is 6.04 Å². The average molecular weight is 448 g/mol. The summed E-state index contributed by atoms with van der Waals surface area (Å²) in [6.45, 7) is 5.07. The highest BCUT2D eigenvalue weighted by molar-refractivity contribution is 7.10. The van der Waals surface area contributed by atoms with Crippen LogP contribution >= 0.6 is 11.3 Å². The van der Waals surface area contributed by atoms with Gasteiger partial charge < -0.3 is 20.1 Å². The minimum atomic E-state index is 0.108. The van der Waals surface area contributed by atoms with Gasteiger partial charge in [-0.25, -0.2) is 4.98 Å². The van der Waals surface area contributed by atoms with Crippen LogP contribution in [0.4, 0.5) is 5.82 Å². The smallest absolute Gasteiger partial charge is 0.161 e. The summed E-state index contributed by atoms with van der Waals surface area (Å²) in [5.74, 6) is 2.25. The Morgan fingerprint density at radius 3 is 2.47 bits per heavy atom. The van der Waals surface area contributed by atoms with Gasteiger partial charge in [0.1, 0.15) is 5.82 Å². The second kappa shape index (κ2) is 9.59. The number of nitrogens with one attached hydrogen (secondary N) is 2. The van der Waals surface area contributed by atoms with Crippen molar-refractivity contribution in [1.82, 2.24) is 10.3 Å². The summed E-state index contributed by atoms with van der Waals surface area (Å²) in [5.41, 5.74) is 4.91. The third-order valence-electron chi connectivity index (χ3n) is 5.69. The van der Waals surface area contributed by atoms with E-state index in [1.54, 1.807) is 25.6 Å². The molecule has 0 radical (unpaired) electrons. The van der Waals surface area contributed by atoms with Gasteiger partial charge in [-0.2, -0.15) is 0 Å². The van der Waals surface area contributed by atoms with Gasteiger partial charge in [-0.05, 0) is 72.1 Å². The maximum absolute atomic E-state index is 5.53. The van der Waals surface area contributed by atoms with Crippen LogP contribution in [0.3, 0.4) is 0 Å². The molecule has 0 unspecified atom stereocenters. The molecule has 0 aliphatic heterocycles. The van der Waals surface area contributed by atoms with Crippen LogP contribution in [0.5, 0.6) is 11.5 Å². The SMILES string of the molecule is CNCc1ccccc1-c1csc([C@@H](C)Nc2ncc(C)c3cc(OC)c(OC)cc23)c1. The number of nitrogens with zero attached hydrogens (tertiary/aromatic N) is 1. The Bertz CT molecular complexity index is 1240. The number of aryl methyl sites for hydroxylation is 1. The summed E-state index contributed by atoms with van der Waals surface area (Å²) in [5, 5.41) is 11.2. The zero-order chi connectivity index (χ0) is 22.7. The molecule has 0 bridgehead atoms. The lowest BCUT2D eigenvalue weighted by Crippen LogP contribution is -2.07. The number of hydrogen-bond donors (Lipinski definition) is 2. The molecule has 166 valence electrons. The van der Waals surface area contributed by atoms with Crippen LogP contribution in [0, 0.1) is 6.92 Å². The Labute approximate surface area is 193 Å². The van der Waals surface area contributed by atoms with Crippen LogP contribution in [0.15, 0.2) is 54.0 Å². The van der Waals surface area contributed by atoms with E-state index in [1.165, 1.54) is 21.6 Å². The first-order valence-electron chi connectivity index (χ1n) is 10.6. The monoisotopic (exact) mass is 447 g/mol. The standard InChI is InChI=1S/C26H29N3O2S/c1-16-13-28-26(22-12-24(31-5)23(30-4)11-21(16)22)29-17(2)25-10-19(15-32-25)20-9-7-6-8-18(20)14-27-3/h6-13,15,17,27H,14H2,1-5H3,(H,28,29)/t17-/m1/s1. The molecule has 2 N–H and O–H groups in total. The van der Waals surface area contributed by atoms with Crippen molar-refractivity contribution in [2.45, 2.75) is 26.4 Å². The summed E-state index contributed by atoms with van der Waals surface area (Å²) in [7, 11) is 5.29. The summed E-state index contributed by atoms with van der Waals surface area (Å²) < 4.78 is 11.0. The van der Waals surface area contributed by atoms with Crippen molar-refractivity contribution in [3.05, 3.63) is 70.0 Å². The van der Waals surface area contributed by atoms with Crippen LogP contribution in [0.1, 0.15) is 29.0 Å². The first-order valence-corrected chi connectivity index (χ1v) is 11.5. The van der Waals surface area contributed by atoms with Crippen LogP contribution < -0.4 is 20.1 Å². The van der Waals surface area contributed by atoms with Crippen LogP contribution in [-0.4, -0.2) is 26.3 Å². The highest BCUT2D eigenvalue weighted by atomic mass is 32.1. The van der Waals surface area contributed by atoms with Crippen LogP contribution in [0.2, 0.25) is 0 Å². The molecule has 1 atom stereocenters. The summed E-state index contributed by atoms with van der Waals surface area (Å²) in [6.07, 6.45) is 1.90. The number of rotatable bonds is 8. The van der Waals surface area contributed by atoms with Crippen LogP contribution in [-0.2, 0) is 6.54 Å². The van der Waals surface area contributed by atoms with Gasteiger partial charge in [0.2, 0.25) is 0 Å². The molecule has 0 saturated heterocycles.